The second-order valence-electron chi connectivity index (χ2n) is 5.59. The molecule has 0 saturated carbocycles. The molecule has 1 amide bonds. The summed E-state index contributed by atoms with van der Waals surface area (Å²) in [5.74, 6) is 0.234. The van der Waals surface area contributed by atoms with E-state index in [1.165, 1.54) is 11.3 Å². The molecule has 0 aliphatic carbocycles. The number of fused-ring (bicyclic) bond motifs is 1. The number of carbonyl (C=O) groups is 1. The van der Waals surface area contributed by atoms with E-state index in [4.69, 9.17) is 4.74 Å². The molecule has 0 aliphatic heterocycles. The van der Waals surface area contributed by atoms with Crippen LogP contribution < -0.4 is 14.8 Å². The lowest BCUT2D eigenvalue weighted by Gasteiger charge is -2.06. The Bertz CT molecular complexity index is 1020. The van der Waals surface area contributed by atoms with Crippen molar-refractivity contribution in [3.8, 4) is 5.75 Å². The molecule has 2 rings (SSSR count). The number of aliphatic imine (C=N–C) groups is 1. The van der Waals surface area contributed by atoms with E-state index in [2.05, 4.69) is 26.7 Å². The average Bonchev–Trinajstić information content (AvgIpc) is 3.02. The van der Waals surface area contributed by atoms with Crippen molar-refractivity contribution >= 4 is 49.8 Å². The number of carbonyl (C=O) groups excluding carboxylic acids is 1. The summed E-state index contributed by atoms with van der Waals surface area (Å²) in [4.78, 5) is 20.2. The van der Waals surface area contributed by atoms with Gasteiger partial charge >= 0.3 is 0 Å². The predicted molar refractivity (Wildman–Crippen MR) is 108 cm³/mol. The predicted octanol–water partition coefficient (Wildman–Crippen LogP) is 1.92. The summed E-state index contributed by atoms with van der Waals surface area (Å²) in [5.41, 5.74) is 1.97. The summed E-state index contributed by atoms with van der Waals surface area (Å²) in [7, 11) is -1.84. The smallest absolute Gasteiger partial charge is 0.239 e. The van der Waals surface area contributed by atoms with Crippen LogP contribution in [-0.2, 0) is 14.8 Å². The zero-order valence-corrected chi connectivity index (χ0v) is 16.8. The quantitative estimate of drug-likeness (QED) is 0.512. The SMILES string of the molecule is C=N/C=C(\C=C(/C)NC(=O)CNS(C)(=O)=O)c1nc2cc(OC)ccc2s1. The van der Waals surface area contributed by atoms with Crippen molar-refractivity contribution in [2.75, 3.05) is 19.9 Å². The van der Waals surface area contributed by atoms with Crippen molar-refractivity contribution < 1.29 is 17.9 Å². The zero-order chi connectivity index (χ0) is 20.0. The molecule has 0 atom stereocenters. The Labute approximate surface area is 161 Å². The highest BCUT2D eigenvalue weighted by Gasteiger charge is 2.10. The molecule has 1 aromatic carbocycles. The van der Waals surface area contributed by atoms with E-state index in [0.717, 1.165) is 16.5 Å². The highest BCUT2D eigenvalue weighted by atomic mass is 32.2. The number of aromatic nitrogens is 1. The van der Waals surface area contributed by atoms with E-state index in [0.29, 0.717) is 22.0 Å². The number of hydrogen-bond donors (Lipinski definition) is 2. The molecule has 1 aromatic heterocycles. The first kappa shape index (κ1) is 20.7. The van der Waals surface area contributed by atoms with Crippen LogP contribution >= 0.6 is 11.3 Å². The van der Waals surface area contributed by atoms with Gasteiger partial charge in [-0.2, -0.15) is 0 Å². The fourth-order valence-corrected chi connectivity index (χ4v) is 3.46. The van der Waals surface area contributed by atoms with Gasteiger partial charge in [-0.25, -0.2) is 18.1 Å². The van der Waals surface area contributed by atoms with Crippen LogP contribution in [0.25, 0.3) is 15.8 Å². The largest absolute Gasteiger partial charge is 0.497 e. The molecule has 0 radical (unpaired) electrons. The van der Waals surface area contributed by atoms with Gasteiger partial charge in [-0.15, -0.1) is 11.3 Å². The van der Waals surface area contributed by atoms with Crippen molar-refractivity contribution in [1.82, 2.24) is 15.0 Å². The first-order valence-corrected chi connectivity index (χ1v) is 10.5. The summed E-state index contributed by atoms with van der Waals surface area (Å²) >= 11 is 1.47. The third-order valence-corrected chi connectivity index (χ3v) is 5.03. The highest BCUT2D eigenvalue weighted by molar-refractivity contribution is 7.88. The van der Waals surface area contributed by atoms with Gasteiger partial charge in [-0.1, -0.05) is 0 Å². The van der Waals surface area contributed by atoms with Crippen LogP contribution in [0.5, 0.6) is 5.75 Å². The molecule has 0 bridgehead atoms. The Kier molecular flexibility index (Phi) is 6.83. The molecule has 0 unspecified atom stereocenters. The van der Waals surface area contributed by atoms with Gasteiger partial charge in [-0.05, 0) is 31.9 Å². The molecule has 0 saturated heterocycles. The Morgan fingerprint density at radius 2 is 2.19 bits per heavy atom. The standard InChI is InChI=1S/C17H20N4O4S2/c1-11(20-16(22)10-19-27(4,23)24)7-12(9-18-2)17-21-14-8-13(25-3)5-6-15(14)26-17/h5-9,19H,2,10H2,1,3-4H3,(H,20,22)/b11-7+,12-9+. The number of sulfonamides is 1. The maximum absolute atomic E-state index is 11.8. The van der Waals surface area contributed by atoms with Gasteiger partial charge < -0.3 is 10.1 Å². The molecule has 2 N–H and O–H groups in total. The van der Waals surface area contributed by atoms with E-state index in [1.54, 1.807) is 26.3 Å². The van der Waals surface area contributed by atoms with Gasteiger partial charge in [0.1, 0.15) is 10.8 Å². The molecular weight excluding hydrogens is 388 g/mol. The summed E-state index contributed by atoms with van der Waals surface area (Å²) in [6, 6.07) is 5.61. The average molecular weight is 409 g/mol. The first-order valence-electron chi connectivity index (χ1n) is 7.75. The lowest BCUT2D eigenvalue weighted by Crippen LogP contribution is -2.35. The molecule has 2 aromatic rings. The zero-order valence-electron chi connectivity index (χ0n) is 15.1. The number of nitrogens with zero attached hydrogens (tertiary/aromatic N) is 2. The van der Waals surface area contributed by atoms with Gasteiger partial charge in [0.05, 0.1) is 30.1 Å². The number of amides is 1. The molecule has 1 heterocycles. The summed E-state index contributed by atoms with van der Waals surface area (Å²) in [6.45, 7) is 4.81. The van der Waals surface area contributed by atoms with E-state index in [9.17, 15) is 13.2 Å². The minimum absolute atomic E-state index is 0.344. The number of hydrogen-bond acceptors (Lipinski definition) is 7. The van der Waals surface area contributed by atoms with E-state index in [-0.39, 0.29) is 6.54 Å². The third kappa shape index (κ3) is 6.27. The van der Waals surface area contributed by atoms with Crippen LogP contribution in [0.3, 0.4) is 0 Å². The van der Waals surface area contributed by atoms with Crippen LogP contribution in [0.15, 0.2) is 41.2 Å². The summed E-state index contributed by atoms with van der Waals surface area (Å²) in [5, 5.41) is 3.31. The third-order valence-electron chi connectivity index (χ3n) is 3.28. The maximum atomic E-state index is 11.8. The van der Waals surface area contributed by atoms with Crippen LogP contribution in [0.1, 0.15) is 11.9 Å². The first-order chi connectivity index (χ1) is 12.7. The molecule has 0 aliphatic rings. The van der Waals surface area contributed by atoms with Crippen molar-refractivity contribution in [3.05, 3.63) is 41.2 Å². The van der Waals surface area contributed by atoms with Crippen LogP contribution in [0.2, 0.25) is 0 Å². The van der Waals surface area contributed by atoms with E-state index in [1.807, 2.05) is 18.2 Å². The number of methoxy groups -OCH3 is 1. The number of nitrogens with one attached hydrogen (secondary N) is 2. The van der Waals surface area contributed by atoms with Crippen molar-refractivity contribution in [2.45, 2.75) is 6.92 Å². The van der Waals surface area contributed by atoms with Gasteiger partial charge in [0.15, 0.2) is 0 Å². The second-order valence-corrected chi connectivity index (χ2v) is 8.45. The van der Waals surface area contributed by atoms with Gasteiger partial charge in [0.25, 0.3) is 0 Å². The highest BCUT2D eigenvalue weighted by Crippen LogP contribution is 2.30. The number of allylic oxidation sites excluding steroid dienone is 3. The van der Waals surface area contributed by atoms with Gasteiger partial charge in [-0.3, -0.25) is 9.79 Å². The van der Waals surface area contributed by atoms with E-state index < -0.39 is 15.9 Å². The summed E-state index contributed by atoms with van der Waals surface area (Å²) in [6.07, 6.45) is 4.23. The van der Waals surface area contributed by atoms with Crippen LogP contribution in [0.4, 0.5) is 0 Å². The number of thiazole rings is 1. The Hall–Kier alpha value is -2.56. The molecule has 8 nitrogen and oxygen atoms in total. The fourth-order valence-electron chi connectivity index (χ4n) is 2.14. The maximum Gasteiger partial charge on any atom is 0.239 e. The molecule has 0 spiro atoms. The lowest BCUT2D eigenvalue weighted by molar-refractivity contribution is -0.119. The van der Waals surface area contributed by atoms with Crippen molar-refractivity contribution in [1.29, 1.82) is 0 Å². The number of rotatable bonds is 8. The summed E-state index contributed by atoms with van der Waals surface area (Å²) < 4.78 is 30.4. The van der Waals surface area contributed by atoms with Crippen LogP contribution in [-0.4, -0.2) is 45.9 Å². The molecule has 0 fully saturated rings. The molecular formula is C17H20N4O4S2. The van der Waals surface area contributed by atoms with E-state index >= 15 is 0 Å². The lowest BCUT2D eigenvalue weighted by atomic mass is 10.2. The van der Waals surface area contributed by atoms with Crippen molar-refractivity contribution in [3.63, 3.8) is 0 Å². The second kappa shape index (κ2) is 8.89. The number of ether oxygens (including phenoxy) is 1. The van der Waals surface area contributed by atoms with Crippen LogP contribution in [0, 0.1) is 0 Å². The molecule has 27 heavy (non-hydrogen) atoms. The Balaban J connectivity index is 2.21. The number of benzene rings is 1. The normalized spacial score (nSPS) is 12.9. The Morgan fingerprint density at radius 1 is 1.44 bits per heavy atom. The topological polar surface area (TPSA) is 110 Å². The monoisotopic (exact) mass is 408 g/mol. The Morgan fingerprint density at radius 3 is 2.81 bits per heavy atom. The fraction of sp³-hybridized carbons (Fsp3) is 0.235. The minimum Gasteiger partial charge on any atom is -0.497 e. The molecule has 144 valence electrons. The van der Waals surface area contributed by atoms with Gasteiger partial charge in [0, 0.05) is 23.5 Å². The van der Waals surface area contributed by atoms with Gasteiger partial charge in [0.2, 0.25) is 15.9 Å². The minimum atomic E-state index is -3.43. The van der Waals surface area contributed by atoms with Crippen molar-refractivity contribution in [2.24, 2.45) is 4.99 Å². The molecule has 10 heteroatoms.